The quantitative estimate of drug-likeness (QED) is 0.791. The highest BCUT2D eigenvalue weighted by molar-refractivity contribution is 6.04. The van der Waals surface area contributed by atoms with Crippen molar-refractivity contribution in [1.29, 1.82) is 0 Å². The van der Waals surface area contributed by atoms with Crippen molar-refractivity contribution in [2.24, 2.45) is 4.99 Å². The number of carbonyl (C=O) groups is 1. The van der Waals surface area contributed by atoms with E-state index in [0.29, 0.717) is 11.7 Å². The Morgan fingerprint density at radius 1 is 1.24 bits per heavy atom. The molecule has 0 atom stereocenters. The second-order valence-electron chi connectivity index (χ2n) is 3.65. The molecule has 1 amide bonds. The van der Waals surface area contributed by atoms with Gasteiger partial charge in [0, 0.05) is 11.5 Å². The van der Waals surface area contributed by atoms with Crippen molar-refractivity contribution in [3.8, 4) is 0 Å². The van der Waals surface area contributed by atoms with Gasteiger partial charge in [-0.25, -0.2) is 0 Å². The van der Waals surface area contributed by atoms with Gasteiger partial charge in [0.25, 0.3) is 5.91 Å². The number of fused-ring (bicyclic) bond motifs is 1. The normalized spacial score (nSPS) is 15.5. The van der Waals surface area contributed by atoms with Crippen LogP contribution in [0.25, 0.3) is 17.0 Å². The van der Waals surface area contributed by atoms with Crippen LogP contribution < -0.4 is 0 Å². The summed E-state index contributed by atoms with van der Waals surface area (Å²) in [6, 6.07) is 9.67. The minimum Gasteiger partial charge on any atom is -0.467 e. The van der Waals surface area contributed by atoms with Crippen LogP contribution in [0.5, 0.6) is 0 Å². The maximum atomic E-state index is 10.8. The Morgan fingerprint density at radius 3 is 2.88 bits per heavy atom. The standard InChI is InChI=1S/C13H9NO3/c15-12-8-16-13(14-12)6-5-10-7-9-3-1-2-4-11(9)17-10/h1-7H,8H2. The van der Waals surface area contributed by atoms with E-state index in [1.807, 2.05) is 30.3 Å². The molecular weight excluding hydrogens is 218 g/mol. The van der Waals surface area contributed by atoms with Crippen LogP contribution in [-0.2, 0) is 9.53 Å². The molecule has 1 aromatic heterocycles. The lowest BCUT2D eigenvalue weighted by atomic mass is 10.2. The van der Waals surface area contributed by atoms with Crippen molar-refractivity contribution in [3.63, 3.8) is 0 Å². The van der Waals surface area contributed by atoms with E-state index in [1.54, 1.807) is 12.2 Å². The maximum Gasteiger partial charge on any atom is 0.286 e. The van der Waals surface area contributed by atoms with Gasteiger partial charge in [-0.05, 0) is 18.2 Å². The monoisotopic (exact) mass is 227 g/mol. The van der Waals surface area contributed by atoms with Crippen LogP contribution in [0.15, 0.2) is 45.8 Å². The van der Waals surface area contributed by atoms with Gasteiger partial charge < -0.3 is 9.15 Å². The Bertz CT molecular complexity index is 604. The zero-order valence-corrected chi connectivity index (χ0v) is 8.92. The number of amides is 1. The SMILES string of the molecule is O=C1COC(C=Cc2cc3ccccc3o2)=N1. The largest absolute Gasteiger partial charge is 0.467 e. The Hall–Kier alpha value is -2.36. The molecule has 4 heteroatoms. The maximum absolute atomic E-state index is 10.8. The molecule has 0 spiro atoms. The highest BCUT2D eigenvalue weighted by Crippen LogP contribution is 2.19. The van der Waals surface area contributed by atoms with Gasteiger partial charge in [0.2, 0.25) is 5.90 Å². The van der Waals surface area contributed by atoms with Gasteiger partial charge in [0.15, 0.2) is 6.61 Å². The van der Waals surface area contributed by atoms with E-state index in [2.05, 4.69) is 4.99 Å². The zero-order chi connectivity index (χ0) is 11.7. The summed E-state index contributed by atoms with van der Waals surface area (Å²) in [6.45, 7) is 0.0276. The molecule has 0 aliphatic carbocycles. The number of ether oxygens (including phenoxy) is 1. The lowest BCUT2D eigenvalue weighted by Gasteiger charge is -1.90. The van der Waals surface area contributed by atoms with Crippen LogP contribution in [0.1, 0.15) is 5.76 Å². The topological polar surface area (TPSA) is 51.8 Å². The van der Waals surface area contributed by atoms with Crippen molar-refractivity contribution in [2.75, 3.05) is 6.61 Å². The number of furan rings is 1. The molecule has 0 bridgehead atoms. The molecule has 0 radical (unpaired) electrons. The van der Waals surface area contributed by atoms with Crippen molar-refractivity contribution in [3.05, 3.63) is 42.2 Å². The average molecular weight is 227 g/mol. The van der Waals surface area contributed by atoms with Gasteiger partial charge >= 0.3 is 0 Å². The molecule has 4 nitrogen and oxygen atoms in total. The number of rotatable bonds is 2. The van der Waals surface area contributed by atoms with E-state index in [4.69, 9.17) is 9.15 Å². The number of para-hydroxylation sites is 1. The van der Waals surface area contributed by atoms with Gasteiger partial charge in [0.1, 0.15) is 11.3 Å². The Labute approximate surface area is 97.2 Å². The zero-order valence-electron chi connectivity index (χ0n) is 8.92. The summed E-state index contributed by atoms with van der Waals surface area (Å²) in [4.78, 5) is 14.5. The van der Waals surface area contributed by atoms with Gasteiger partial charge in [0.05, 0.1) is 0 Å². The Balaban J connectivity index is 1.87. The molecular formula is C13H9NO3. The first-order valence-electron chi connectivity index (χ1n) is 5.22. The predicted molar refractivity (Wildman–Crippen MR) is 63.6 cm³/mol. The highest BCUT2D eigenvalue weighted by atomic mass is 16.5. The molecule has 0 fully saturated rings. The van der Waals surface area contributed by atoms with Crippen molar-refractivity contribution >= 4 is 28.9 Å². The molecule has 0 saturated carbocycles. The van der Waals surface area contributed by atoms with E-state index in [-0.39, 0.29) is 12.5 Å². The third-order valence-corrected chi connectivity index (χ3v) is 2.41. The molecule has 1 aliphatic heterocycles. The lowest BCUT2D eigenvalue weighted by Crippen LogP contribution is -1.95. The van der Waals surface area contributed by atoms with Crippen molar-refractivity contribution in [1.82, 2.24) is 0 Å². The van der Waals surface area contributed by atoms with E-state index in [9.17, 15) is 4.79 Å². The van der Waals surface area contributed by atoms with Gasteiger partial charge in [-0.15, -0.1) is 0 Å². The third kappa shape index (κ3) is 1.97. The molecule has 3 rings (SSSR count). The number of carbonyl (C=O) groups excluding carboxylic acids is 1. The number of nitrogens with zero attached hydrogens (tertiary/aromatic N) is 1. The average Bonchev–Trinajstić information content (AvgIpc) is 2.91. The lowest BCUT2D eigenvalue weighted by molar-refractivity contribution is -0.118. The summed E-state index contributed by atoms with van der Waals surface area (Å²) in [6.07, 6.45) is 3.36. The predicted octanol–water partition coefficient (Wildman–Crippen LogP) is 2.40. The minimum absolute atomic E-state index is 0.0276. The van der Waals surface area contributed by atoms with Crippen LogP contribution in [-0.4, -0.2) is 18.4 Å². The summed E-state index contributed by atoms with van der Waals surface area (Å²) >= 11 is 0. The first-order valence-corrected chi connectivity index (χ1v) is 5.22. The smallest absolute Gasteiger partial charge is 0.286 e. The molecule has 2 aromatic rings. The fourth-order valence-electron chi connectivity index (χ4n) is 1.65. The number of benzene rings is 1. The fraction of sp³-hybridized carbons (Fsp3) is 0.0769. The molecule has 84 valence electrons. The van der Waals surface area contributed by atoms with Crippen LogP contribution in [0.2, 0.25) is 0 Å². The van der Waals surface area contributed by atoms with Crippen LogP contribution >= 0.6 is 0 Å². The second-order valence-corrected chi connectivity index (χ2v) is 3.65. The summed E-state index contributed by atoms with van der Waals surface area (Å²) in [5.74, 6) is 0.779. The highest BCUT2D eigenvalue weighted by Gasteiger charge is 2.12. The summed E-state index contributed by atoms with van der Waals surface area (Å²) in [5.41, 5.74) is 0.831. The molecule has 2 heterocycles. The second kappa shape index (κ2) is 3.90. The first kappa shape index (κ1) is 9.84. The number of hydrogen-bond acceptors (Lipinski definition) is 3. The van der Waals surface area contributed by atoms with E-state index < -0.39 is 0 Å². The third-order valence-electron chi connectivity index (χ3n) is 2.41. The number of hydrogen-bond donors (Lipinski definition) is 0. The summed E-state index contributed by atoms with van der Waals surface area (Å²) in [5, 5.41) is 1.04. The molecule has 0 N–H and O–H groups in total. The van der Waals surface area contributed by atoms with Gasteiger partial charge in [-0.1, -0.05) is 18.2 Å². The first-order chi connectivity index (χ1) is 8.31. The van der Waals surface area contributed by atoms with Crippen molar-refractivity contribution < 1.29 is 13.9 Å². The van der Waals surface area contributed by atoms with Gasteiger partial charge in [-0.3, -0.25) is 4.79 Å². The molecule has 1 aromatic carbocycles. The van der Waals surface area contributed by atoms with E-state index in [1.165, 1.54) is 0 Å². The van der Waals surface area contributed by atoms with Crippen LogP contribution in [0.4, 0.5) is 0 Å². The van der Waals surface area contributed by atoms with Crippen LogP contribution in [0.3, 0.4) is 0 Å². The van der Waals surface area contributed by atoms with Crippen molar-refractivity contribution in [2.45, 2.75) is 0 Å². The molecule has 17 heavy (non-hydrogen) atoms. The van der Waals surface area contributed by atoms with E-state index >= 15 is 0 Å². The number of aliphatic imine (C=N–C) groups is 1. The Morgan fingerprint density at radius 2 is 2.12 bits per heavy atom. The molecule has 0 unspecified atom stereocenters. The Kier molecular flexibility index (Phi) is 2.26. The van der Waals surface area contributed by atoms with Crippen LogP contribution in [0, 0.1) is 0 Å². The van der Waals surface area contributed by atoms with Gasteiger partial charge in [-0.2, -0.15) is 4.99 Å². The minimum atomic E-state index is -0.255. The van der Waals surface area contributed by atoms with E-state index in [0.717, 1.165) is 11.0 Å². The summed E-state index contributed by atoms with van der Waals surface area (Å²) < 4.78 is 10.6. The fourth-order valence-corrected chi connectivity index (χ4v) is 1.65. The molecule has 0 saturated heterocycles. The summed E-state index contributed by atoms with van der Waals surface area (Å²) in [7, 11) is 0. The molecule has 1 aliphatic rings.